The number of non-ortho nitro benzene ring substituents is 1. The number of benzene rings is 3. The molecule has 0 bridgehead atoms. The summed E-state index contributed by atoms with van der Waals surface area (Å²) in [4.78, 5) is 27.3. The molecule has 1 heterocycles. The van der Waals surface area contributed by atoms with Gasteiger partial charge in [0, 0.05) is 23.7 Å². The standard InChI is InChI=1S/C22H19N3O6/c1-31-13-3-4-15-14(11-13)22(28)20-16(5-6-17(25(29)30)21(20)24-15)23-9-8-12-2-7-18(26)19(27)10-12/h2-7,10-11,23,26-27H,8-9H2,1H3,(H,24,28). The lowest BCUT2D eigenvalue weighted by atomic mass is 10.1. The van der Waals surface area contributed by atoms with E-state index in [1.165, 1.54) is 31.4 Å². The Bertz CT molecular complexity index is 1380. The van der Waals surface area contributed by atoms with Crippen LogP contribution in [0.2, 0.25) is 0 Å². The van der Waals surface area contributed by atoms with Crippen molar-refractivity contribution in [3.05, 3.63) is 74.4 Å². The van der Waals surface area contributed by atoms with Crippen LogP contribution in [0.15, 0.2) is 53.3 Å². The number of ether oxygens (including phenoxy) is 1. The molecular formula is C22H19N3O6. The number of hydrogen-bond donors (Lipinski definition) is 4. The molecule has 0 aliphatic carbocycles. The average Bonchev–Trinajstić information content (AvgIpc) is 2.75. The summed E-state index contributed by atoms with van der Waals surface area (Å²) in [5, 5.41) is 34.3. The maximum absolute atomic E-state index is 13.3. The normalized spacial score (nSPS) is 11.0. The summed E-state index contributed by atoms with van der Waals surface area (Å²) in [5.74, 6) is 0.0893. The first-order valence-corrected chi connectivity index (χ1v) is 9.45. The number of aromatic amines is 1. The molecule has 0 amide bonds. The third kappa shape index (κ3) is 3.68. The Labute approximate surface area is 175 Å². The molecule has 31 heavy (non-hydrogen) atoms. The largest absolute Gasteiger partial charge is 0.504 e. The highest BCUT2D eigenvalue weighted by Gasteiger charge is 2.19. The SMILES string of the molecule is COc1ccc2[nH]c3c([N+](=O)[O-])ccc(NCCc4ccc(O)c(O)c4)c3c(=O)c2c1. The third-order valence-electron chi connectivity index (χ3n) is 5.11. The molecule has 158 valence electrons. The fourth-order valence-electron chi connectivity index (χ4n) is 3.54. The molecule has 9 nitrogen and oxygen atoms in total. The fraction of sp³-hybridized carbons (Fsp3) is 0.136. The van der Waals surface area contributed by atoms with E-state index >= 15 is 0 Å². The van der Waals surface area contributed by atoms with Crippen LogP contribution >= 0.6 is 0 Å². The molecule has 1 aromatic heterocycles. The van der Waals surface area contributed by atoms with Gasteiger partial charge in [-0.2, -0.15) is 0 Å². The molecule has 0 saturated heterocycles. The van der Waals surface area contributed by atoms with Crippen LogP contribution in [-0.2, 0) is 6.42 Å². The van der Waals surface area contributed by atoms with E-state index in [9.17, 15) is 25.1 Å². The molecule has 3 aromatic carbocycles. The first kappa shape index (κ1) is 20.0. The van der Waals surface area contributed by atoms with Gasteiger partial charge in [0.25, 0.3) is 5.69 Å². The van der Waals surface area contributed by atoms with Crippen LogP contribution in [0.25, 0.3) is 21.8 Å². The number of methoxy groups -OCH3 is 1. The molecule has 0 unspecified atom stereocenters. The number of nitro benzene ring substituents is 1. The second-order valence-corrected chi connectivity index (χ2v) is 7.00. The van der Waals surface area contributed by atoms with Crippen LogP contribution in [0.3, 0.4) is 0 Å². The highest BCUT2D eigenvalue weighted by molar-refractivity contribution is 6.03. The van der Waals surface area contributed by atoms with Crippen molar-refractivity contribution < 1.29 is 19.9 Å². The van der Waals surface area contributed by atoms with Crippen LogP contribution in [0.1, 0.15) is 5.56 Å². The van der Waals surface area contributed by atoms with Gasteiger partial charge in [-0.15, -0.1) is 0 Å². The van der Waals surface area contributed by atoms with Crippen LogP contribution in [-0.4, -0.2) is 33.8 Å². The second kappa shape index (κ2) is 7.86. The zero-order valence-corrected chi connectivity index (χ0v) is 16.5. The van der Waals surface area contributed by atoms with Crippen molar-refractivity contribution in [1.82, 2.24) is 4.98 Å². The Hall–Kier alpha value is -4.27. The number of anilines is 1. The van der Waals surface area contributed by atoms with Crippen LogP contribution in [0.5, 0.6) is 17.2 Å². The summed E-state index contributed by atoms with van der Waals surface area (Å²) in [7, 11) is 1.50. The monoisotopic (exact) mass is 421 g/mol. The molecule has 0 atom stereocenters. The molecule has 0 fully saturated rings. The first-order valence-electron chi connectivity index (χ1n) is 9.45. The van der Waals surface area contributed by atoms with Gasteiger partial charge in [-0.1, -0.05) is 6.07 Å². The zero-order valence-electron chi connectivity index (χ0n) is 16.5. The Morgan fingerprint density at radius 1 is 1.10 bits per heavy atom. The van der Waals surface area contributed by atoms with Crippen LogP contribution in [0.4, 0.5) is 11.4 Å². The predicted octanol–water partition coefficient (Wildman–Crippen LogP) is 3.66. The van der Waals surface area contributed by atoms with E-state index in [1.54, 1.807) is 24.3 Å². The number of aromatic hydroxyl groups is 2. The van der Waals surface area contributed by atoms with Crippen molar-refractivity contribution in [2.24, 2.45) is 0 Å². The first-order chi connectivity index (χ1) is 14.9. The molecule has 4 aromatic rings. The Balaban J connectivity index is 1.78. The van der Waals surface area contributed by atoms with Gasteiger partial charge in [0.1, 0.15) is 11.3 Å². The van der Waals surface area contributed by atoms with Crippen molar-refractivity contribution in [2.75, 3.05) is 19.0 Å². The number of rotatable bonds is 6. The van der Waals surface area contributed by atoms with E-state index in [1.807, 2.05) is 0 Å². The Kier molecular flexibility index (Phi) is 5.08. The van der Waals surface area contributed by atoms with Gasteiger partial charge < -0.3 is 25.3 Å². The van der Waals surface area contributed by atoms with Crippen molar-refractivity contribution in [3.63, 3.8) is 0 Å². The summed E-state index contributed by atoms with van der Waals surface area (Å²) in [5.41, 5.74) is 1.29. The lowest BCUT2D eigenvalue weighted by molar-refractivity contribution is -0.383. The number of pyridine rings is 1. The summed E-state index contributed by atoms with van der Waals surface area (Å²) in [6.45, 7) is 0.396. The zero-order chi connectivity index (χ0) is 22.1. The maximum atomic E-state index is 13.3. The number of hydrogen-bond acceptors (Lipinski definition) is 7. The van der Waals surface area contributed by atoms with Gasteiger partial charge in [-0.3, -0.25) is 14.9 Å². The van der Waals surface area contributed by atoms with E-state index in [-0.39, 0.29) is 33.5 Å². The van der Waals surface area contributed by atoms with Crippen LogP contribution < -0.4 is 15.5 Å². The molecule has 0 radical (unpaired) electrons. The molecule has 4 rings (SSSR count). The summed E-state index contributed by atoms with van der Waals surface area (Å²) in [6, 6.07) is 12.3. The molecule has 0 aliphatic heterocycles. The van der Waals surface area contributed by atoms with E-state index in [2.05, 4.69) is 10.3 Å². The number of fused-ring (bicyclic) bond motifs is 2. The number of nitrogens with zero attached hydrogens (tertiary/aromatic N) is 1. The summed E-state index contributed by atoms with van der Waals surface area (Å²) >= 11 is 0. The van der Waals surface area contributed by atoms with Crippen molar-refractivity contribution in [1.29, 1.82) is 0 Å². The molecular weight excluding hydrogens is 402 g/mol. The van der Waals surface area contributed by atoms with Gasteiger partial charge in [-0.05, 0) is 48.4 Å². The summed E-state index contributed by atoms with van der Waals surface area (Å²) in [6.07, 6.45) is 0.492. The topological polar surface area (TPSA) is 138 Å². The highest BCUT2D eigenvalue weighted by atomic mass is 16.6. The van der Waals surface area contributed by atoms with E-state index in [0.717, 1.165) is 5.56 Å². The summed E-state index contributed by atoms with van der Waals surface area (Å²) < 4.78 is 5.20. The highest BCUT2D eigenvalue weighted by Crippen LogP contribution is 2.31. The predicted molar refractivity (Wildman–Crippen MR) is 117 cm³/mol. The Morgan fingerprint density at radius 2 is 1.90 bits per heavy atom. The second-order valence-electron chi connectivity index (χ2n) is 7.00. The minimum atomic E-state index is -0.531. The average molecular weight is 421 g/mol. The number of phenols is 2. The minimum absolute atomic E-state index is 0.139. The molecule has 4 N–H and O–H groups in total. The number of phenolic OH excluding ortho intramolecular Hbond substituents is 2. The minimum Gasteiger partial charge on any atom is -0.504 e. The van der Waals surface area contributed by atoms with Crippen molar-refractivity contribution >= 4 is 33.2 Å². The number of nitrogens with one attached hydrogen (secondary N) is 2. The van der Waals surface area contributed by atoms with Gasteiger partial charge >= 0.3 is 0 Å². The van der Waals surface area contributed by atoms with Gasteiger partial charge in [0.05, 0.1) is 22.9 Å². The lowest BCUT2D eigenvalue weighted by Gasteiger charge is -2.12. The fourth-order valence-corrected chi connectivity index (χ4v) is 3.54. The maximum Gasteiger partial charge on any atom is 0.293 e. The quantitative estimate of drug-likeness (QED) is 0.161. The lowest BCUT2D eigenvalue weighted by Crippen LogP contribution is -2.12. The molecule has 0 saturated carbocycles. The number of aromatic nitrogens is 1. The number of nitro groups is 1. The third-order valence-corrected chi connectivity index (χ3v) is 5.11. The van der Waals surface area contributed by atoms with Gasteiger partial charge in [0.15, 0.2) is 16.9 Å². The van der Waals surface area contributed by atoms with Gasteiger partial charge in [-0.25, -0.2) is 0 Å². The molecule has 0 spiro atoms. The van der Waals surface area contributed by atoms with E-state index in [0.29, 0.717) is 35.3 Å². The molecule has 0 aliphatic rings. The number of H-pyrrole nitrogens is 1. The Morgan fingerprint density at radius 3 is 2.61 bits per heavy atom. The smallest absolute Gasteiger partial charge is 0.293 e. The van der Waals surface area contributed by atoms with Crippen molar-refractivity contribution in [2.45, 2.75) is 6.42 Å². The van der Waals surface area contributed by atoms with E-state index < -0.39 is 4.92 Å². The molecule has 9 heteroatoms. The van der Waals surface area contributed by atoms with Crippen molar-refractivity contribution in [3.8, 4) is 17.2 Å². The van der Waals surface area contributed by atoms with E-state index in [4.69, 9.17) is 4.74 Å². The van der Waals surface area contributed by atoms with Crippen LogP contribution in [0, 0.1) is 10.1 Å². The van der Waals surface area contributed by atoms with Gasteiger partial charge in [0.2, 0.25) is 0 Å².